The number of rotatable bonds is 3. The van der Waals surface area contributed by atoms with E-state index in [-0.39, 0.29) is 6.42 Å². The zero-order valence-corrected chi connectivity index (χ0v) is 9.66. The number of amides is 1. The van der Waals surface area contributed by atoms with Crippen molar-refractivity contribution in [1.29, 1.82) is 0 Å². The molecule has 0 spiro atoms. The fraction of sp³-hybridized carbons (Fsp3) is 0.167. The molecule has 0 saturated carbocycles. The van der Waals surface area contributed by atoms with Gasteiger partial charge in [0.2, 0.25) is 5.91 Å². The Bertz CT molecular complexity index is 564. The number of anilines is 1. The quantitative estimate of drug-likeness (QED) is 0.899. The number of hydrogen-bond acceptors (Lipinski definition) is 2. The van der Waals surface area contributed by atoms with Crippen LogP contribution < -0.4 is 5.32 Å². The van der Waals surface area contributed by atoms with Gasteiger partial charge in [-0.1, -0.05) is 18.2 Å². The molecular formula is C12H10F3N3O. The Morgan fingerprint density at radius 2 is 2.16 bits per heavy atom. The predicted octanol–water partition coefficient (Wildman–Crippen LogP) is 2.61. The fourth-order valence-electron chi connectivity index (χ4n) is 1.57. The van der Waals surface area contributed by atoms with Gasteiger partial charge in [0.1, 0.15) is 0 Å². The van der Waals surface area contributed by atoms with Crippen LogP contribution in [0.3, 0.4) is 0 Å². The Balaban J connectivity index is 2.05. The fourth-order valence-corrected chi connectivity index (χ4v) is 1.57. The molecule has 2 rings (SSSR count). The lowest BCUT2D eigenvalue weighted by atomic mass is 10.1. The number of benzene rings is 1. The maximum absolute atomic E-state index is 12.5. The smallest absolute Gasteiger partial charge is 0.323 e. The van der Waals surface area contributed by atoms with E-state index in [1.54, 1.807) is 0 Å². The number of nitrogens with one attached hydrogen (secondary N) is 2. The standard InChI is InChI=1S/C12H10F3N3O/c13-12(14,15)9-3-1-2-8(4-9)5-11(19)18-10-6-16-17-7-10/h1-4,6-7H,5H2,(H,16,17)(H,18,19). The molecule has 2 N–H and O–H groups in total. The Kier molecular flexibility index (Phi) is 3.55. The molecule has 0 aliphatic rings. The zero-order valence-electron chi connectivity index (χ0n) is 9.66. The van der Waals surface area contributed by atoms with E-state index in [4.69, 9.17) is 0 Å². The van der Waals surface area contributed by atoms with E-state index in [9.17, 15) is 18.0 Å². The summed E-state index contributed by atoms with van der Waals surface area (Å²) < 4.78 is 37.5. The number of aromatic nitrogens is 2. The molecule has 0 saturated heterocycles. The van der Waals surface area contributed by atoms with Crippen LogP contribution in [0.2, 0.25) is 0 Å². The van der Waals surface area contributed by atoms with E-state index in [1.165, 1.54) is 24.5 Å². The second kappa shape index (κ2) is 5.13. The van der Waals surface area contributed by atoms with Crippen LogP contribution in [0.5, 0.6) is 0 Å². The van der Waals surface area contributed by atoms with Gasteiger partial charge in [-0.15, -0.1) is 0 Å². The molecule has 4 nitrogen and oxygen atoms in total. The van der Waals surface area contributed by atoms with Gasteiger partial charge >= 0.3 is 6.18 Å². The van der Waals surface area contributed by atoms with E-state index in [2.05, 4.69) is 15.5 Å². The van der Waals surface area contributed by atoms with Crippen LogP contribution >= 0.6 is 0 Å². The van der Waals surface area contributed by atoms with E-state index < -0.39 is 17.6 Å². The SMILES string of the molecule is O=C(Cc1cccc(C(F)(F)F)c1)Nc1cn[nH]c1. The Hall–Kier alpha value is -2.31. The third-order valence-corrected chi connectivity index (χ3v) is 2.40. The molecule has 19 heavy (non-hydrogen) atoms. The summed E-state index contributed by atoms with van der Waals surface area (Å²) in [5, 5.41) is 8.67. The summed E-state index contributed by atoms with van der Waals surface area (Å²) in [5.41, 5.74) is 0.00825. The third kappa shape index (κ3) is 3.57. The molecule has 7 heteroatoms. The van der Waals surface area contributed by atoms with Gasteiger partial charge in [0.05, 0.1) is 23.9 Å². The van der Waals surface area contributed by atoms with Crippen molar-refractivity contribution in [3.63, 3.8) is 0 Å². The lowest BCUT2D eigenvalue weighted by Crippen LogP contribution is -2.14. The van der Waals surface area contributed by atoms with Crippen LogP contribution in [-0.2, 0) is 17.4 Å². The average molecular weight is 269 g/mol. The first kappa shape index (κ1) is 13.1. The summed E-state index contributed by atoms with van der Waals surface area (Å²) in [4.78, 5) is 11.6. The van der Waals surface area contributed by atoms with E-state index >= 15 is 0 Å². The first-order valence-electron chi connectivity index (χ1n) is 5.40. The minimum atomic E-state index is -4.41. The van der Waals surface area contributed by atoms with Crippen LogP contribution in [0.15, 0.2) is 36.7 Å². The van der Waals surface area contributed by atoms with Crippen molar-refractivity contribution in [2.75, 3.05) is 5.32 Å². The molecule has 0 radical (unpaired) electrons. The van der Waals surface area contributed by atoms with Crippen LogP contribution in [0.4, 0.5) is 18.9 Å². The monoisotopic (exact) mass is 269 g/mol. The summed E-state index contributed by atoms with van der Waals surface area (Å²) in [6.45, 7) is 0. The highest BCUT2D eigenvalue weighted by Crippen LogP contribution is 2.29. The normalized spacial score (nSPS) is 11.3. The highest BCUT2D eigenvalue weighted by molar-refractivity contribution is 5.91. The maximum atomic E-state index is 12.5. The summed E-state index contributed by atoms with van der Waals surface area (Å²) >= 11 is 0. The first-order chi connectivity index (χ1) is 8.95. The number of halogens is 3. The van der Waals surface area contributed by atoms with Crippen LogP contribution in [0.1, 0.15) is 11.1 Å². The molecule has 100 valence electrons. The van der Waals surface area contributed by atoms with Crippen molar-refractivity contribution in [1.82, 2.24) is 10.2 Å². The van der Waals surface area contributed by atoms with Crippen molar-refractivity contribution in [3.8, 4) is 0 Å². The molecule has 0 aliphatic heterocycles. The maximum Gasteiger partial charge on any atom is 0.416 e. The van der Waals surface area contributed by atoms with Crippen LogP contribution in [0, 0.1) is 0 Å². The molecule has 0 fully saturated rings. The largest absolute Gasteiger partial charge is 0.416 e. The summed E-state index contributed by atoms with van der Waals surface area (Å²) in [6.07, 6.45) is -1.65. The highest BCUT2D eigenvalue weighted by atomic mass is 19.4. The Morgan fingerprint density at radius 3 is 2.79 bits per heavy atom. The van der Waals surface area contributed by atoms with Crippen molar-refractivity contribution < 1.29 is 18.0 Å². The second-order valence-corrected chi connectivity index (χ2v) is 3.91. The van der Waals surface area contributed by atoms with Gasteiger partial charge in [0, 0.05) is 6.20 Å². The third-order valence-electron chi connectivity index (χ3n) is 2.40. The number of alkyl halides is 3. The van der Waals surface area contributed by atoms with Crippen molar-refractivity contribution in [3.05, 3.63) is 47.8 Å². The molecule has 0 atom stereocenters. The van der Waals surface area contributed by atoms with Crippen LogP contribution in [0.25, 0.3) is 0 Å². The Labute approximate surface area is 106 Å². The van der Waals surface area contributed by atoms with Crippen LogP contribution in [-0.4, -0.2) is 16.1 Å². The number of nitrogens with zero attached hydrogens (tertiary/aromatic N) is 1. The minimum Gasteiger partial charge on any atom is -0.323 e. The number of hydrogen-bond donors (Lipinski definition) is 2. The van der Waals surface area contributed by atoms with Crippen molar-refractivity contribution in [2.24, 2.45) is 0 Å². The summed E-state index contributed by atoms with van der Waals surface area (Å²) in [7, 11) is 0. The van der Waals surface area contributed by atoms with E-state index in [0.29, 0.717) is 11.3 Å². The Morgan fingerprint density at radius 1 is 1.37 bits per heavy atom. The summed E-state index contributed by atoms with van der Waals surface area (Å²) in [5.74, 6) is -0.402. The number of carbonyl (C=O) groups excluding carboxylic acids is 1. The lowest BCUT2D eigenvalue weighted by molar-refractivity contribution is -0.137. The molecule has 1 aromatic carbocycles. The van der Waals surface area contributed by atoms with Gasteiger partial charge in [-0.05, 0) is 11.6 Å². The van der Waals surface area contributed by atoms with Gasteiger partial charge in [-0.25, -0.2) is 0 Å². The molecule has 1 amide bonds. The number of carbonyl (C=O) groups is 1. The molecule has 0 unspecified atom stereocenters. The van der Waals surface area contributed by atoms with Crippen molar-refractivity contribution >= 4 is 11.6 Å². The second-order valence-electron chi connectivity index (χ2n) is 3.91. The van der Waals surface area contributed by atoms with Crippen molar-refractivity contribution in [2.45, 2.75) is 12.6 Å². The molecule has 2 aromatic rings. The zero-order chi connectivity index (χ0) is 13.9. The van der Waals surface area contributed by atoms with Gasteiger partial charge in [0.15, 0.2) is 0 Å². The molecule has 0 bridgehead atoms. The predicted molar refractivity (Wildman–Crippen MR) is 62.4 cm³/mol. The molecule has 1 heterocycles. The number of H-pyrrole nitrogens is 1. The first-order valence-corrected chi connectivity index (χ1v) is 5.40. The molecular weight excluding hydrogens is 259 g/mol. The van der Waals surface area contributed by atoms with Gasteiger partial charge in [-0.2, -0.15) is 18.3 Å². The lowest BCUT2D eigenvalue weighted by Gasteiger charge is -2.08. The minimum absolute atomic E-state index is 0.130. The van der Waals surface area contributed by atoms with Gasteiger partial charge in [0.25, 0.3) is 0 Å². The summed E-state index contributed by atoms with van der Waals surface area (Å²) in [6, 6.07) is 4.69. The highest BCUT2D eigenvalue weighted by Gasteiger charge is 2.30. The number of aromatic amines is 1. The van der Waals surface area contributed by atoms with Gasteiger partial charge < -0.3 is 5.32 Å². The van der Waals surface area contributed by atoms with Gasteiger partial charge in [-0.3, -0.25) is 9.89 Å². The topological polar surface area (TPSA) is 57.8 Å². The average Bonchev–Trinajstić information content (AvgIpc) is 2.80. The molecule has 0 aliphatic carbocycles. The molecule has 1 aromatic heterocycles. The van der Waals surface area contributed by atoms with E-state index in [1.807, 2.05) is 0 Å². The van der Waals surface area contributed by atoms with E-state index in [0.717, 1.165) is 12.1 Å².